The lowest BCUT2D eigenvalue weighted by atomic mass is 9.93. The number of carbonyl (C=O) groups is 1. The van der Waals surface area contributed by atoms with E-state index in [4.69, 9.17) is 4.74 Å². The summed E-state index contributed by atoms with van der Waals surface area (Å²) in [5.41, 5.74) is 3.89. The van der Waals surface area contributed by atoms with Gasteiger partial charge in [-0.3, -0.25) is 4.79 Å². The van der Waals surface area contributed by atoms with E-state index >= 15 is 0 Å². The van der Waals surface area contributed by atoms with Gasteiger partial charge in [-0.05, 0) is 31.2 Å². The van der Waals surface area contributed by atoms with Crippen molar-refractivity contribution in [1.82, 2.24) is 15.0 Å². The van der Waals surface area contributed by atoms with E-state index in [1.807, 2.05) is 12.4 Å². The van der Waals surface area contributed by atoms with Crippen molar-refractivity contribution >= 4 is 33.8 Å². The molecule has 1 aliphatic heterocycles. The van der Waals surface area contributed by atoms with Crippen molar-refractivity contribution < 1.29 is 18.3 Å². The topological polar surface area (TPSA) is 77.0 Å². The fourth-order valence-corrected chi connectivity index (χ4v) is 4.52. The Kier molecular flexibility index (Phi) is 4.82. The van der Waals surface area contributed by atoms with Crippen LogP contribution in [0.15, 0.2) is 42.2 Å². The molecular formula is C22H16F2N4O2S. The Morgan fingerprint density at radius 3 is 2.84 bits per heavy atom. The van der Waals surface area contributed by atoms with Crippen LogP contribution in [0, 0.1) is 18.6 Å². The van der Waals surface area contributed by atoms with Crippen molar-refractivity contribution in [1.29, 1.82) is 0 Å². The molecule has 3 heterocycles. The van der Waals surface area contributed by atoms with Gasteiger partial charge in [0.1, 0.15) is 18.0 Å². The van der Waals surface area contributed by atoms with Gasteiger partial charge in [0, 0.05) is 34.0 Å². The number of halogens is 2. The van der Waals surface area contributed by atoms with E-state index < -0.39 is 23.5 Å². The summed E-state index contributed by atoms with van der Waals surface area (Å²) in [6.07, 6.45) is 2.05. The number of thiazole rings is 1. The molecule has 31 heavy (non-hydrogen) atoms. The first-order valence-corrected chi connectivity index (χ1v) is 10.5. The number of hydrogen-bond donors (Lipinski definition) is 1. The number of nitrogens with zero attached hydrogens (tertiary/aromatic N) is 3. The summed E-state index contributed by atoms with van der Waals surface area (Å²) < 4.78 is 34.2. The molecule has 2 aromatic carbocycles. The molecule has 2 aromatic heterocycles. The highest BCUT2D eigenvalue weighted by Gasteiger charge is 2.38. The van der Waals surface area contributed by atoms with Crippen LogP contribution >= 0.6 is 11.3 Å². The summed E-state index contributed by atoms with van der Waals surface area (Å²) in [6, 6.07) is 7.58. The lowest BCUT2D eigenvalue weighted by Crippen LogP contribution is -2.15. The zero-order valence-corrected chi connectivity index (χ0v) is 17.2. The molecular weight excluding hydrogens is 422 g/mol. The van der Waals surface area contributed by atoms with Crippen molar-refractivity contribution in [2.45, 2.75) is 19.3 Å². The van der Waals surface area contributed by atoms with E-state index in [0.717, 1.165) is 18.2 Å². The van der Waals surface area contributed by atoms with E-state index in [9.17, 15) is 13.6 Å². The van der Waals surface area contributed by atoms with Crippen LogP contribution < -0.4 is 10.1 Å². The van der Waals surface area contributed by atoms with Crippen LogP contribution in [0.5, 0.6) is 5.75 Å². The summed E-state index contributed by atoms with van der Waals surface area (Å²) in [5, 5.41) is 3.17. The van der Waals surface area contributed by atoms with Gasteiger partial charge in [-0.1, -0.05) is 0 Å². The lowest BCUT2D eigenvalue weighted by molar-refractivity contribution is -0.116. The predicted molar refractivity (Wildman–Crippen MR) is 112 cm³/mol. The van der Waals surface area contributed by atoms with Gasteiger partial charge >= 0.3 is 0 Å². The quantitative estimate of drug-likeness (QED) is 0.501. The molecule has 5 rings (SSSR count). The van der Waals surface area contributed by atoms with Gasteiger partial charge in [0.05, 0.1) is 29.0 Å². The fraction of sp³-hybridized carbons (Fsp3) is 0.182. The molecule has 1 N–H and O–H groups in total. The second-order valence-corrected chi connectivity index (χ2v) is 8.08. The molecule has 6 nitrogen and oxygen atoms in total. The monoisotopic (exact) mass is 438 g/mol. The van der Waals surface area contributed by atoms with E-state index in [1.54, 1.807) is 29.5 Å². The standard InChI is InChI=1S/C22H16F2N4O2S/c1-11-17(31-10-27-11)6-7-30-12-2-3-13-16(8-12)25-9-26-21(13)19-18-15(28-22(19)29)5-4-14(23)20(18)24/h2-5,8-10,19H,6-7H2,1H3,(H,28,29). The van der Waals surface area contributed by atoms with Crippen molar-refractivity contribution in [3.05, 3.63) is 75.6 Å². The van der Waals surface area contributed by atoms with Crippen LogP contribution in [-0.2, 0) is 11.2 Å². The zero-order chi connectivity index (χ0) is 21.5. The van der Waals surface area contributed by atoms with Gasteiger partial charge in [-0.15, -0.1) is 11.3 Å². The normalized spacial score (nSPS) is 15.2. The minimum atomic E-state index is -1.06. The smallest absolute Gasteiger partial charge is 0.238 e. The van der Waals surface area contributed by atoms with E-state index in [2.05, 4.69) is 20.3 Å². The number of carbonyl (C=O) groups excluding carboxylic acids is 1. The molecule has 0 radical (unpaired) electrons. The summed E-state index contributed by atoms with van der Waals surface area (Å²) in [7, 11) is 0. The summed E-state index contributed by atoms with van der Waals surface area (Å²) in [4.78, 5) is 26.5. The maximum Gasteiger partial charge on any atom is 0.238 e. The Labute approximate surface area is 180 Å². The number of hydrogen-bond acceptors (Lipinski definition) is 6. The predicted octanol–water partition coefficient (Wildman–Crippen LogP) is 4.38. The Morgan fingerprint density at radius 1 is 1.16 bits per heavy atom. The Hall–Kier alpha value is -3.46. The molecule has 0 spiro atoms. The lowest BCUT2D eigenvalue weighted by Gasteiger charge is -2.13. The Morgan fingerprint density at radius 2 is 2.03 bits per heavy atom. The van der Waals surface area contributed by atoms with Gasteiger partial charge in [0.25, 0.3) is 0 Å². The largest absolute Gasteiger partial charge is 0.493 e. The minimum absolute atomic E-state index is 0.0368. The van der Waals surface area contributed by atoms with Gasteiger partial charge in [0.2, 0.25) is 5.91 Å². The molecule has 0 saturated carbocycles. The highest BCUT2D eigenvalue weighted by Crippen LogP contribution is 2.41. The number of benzene rings is 2. The van der Waals surface area contributed by atoms with E-state index in [1.165, 1.54) is 17.3 Å². The number of aromatic nitrogens is 3. The van der Waals surface area contributed by atoms with Crippen LogP contribution in [0.3, 0.4) is 0 Å². The average molecular weight is 438 g/mol. The number of anilines is 1. The van der Waals surface area contributed by atoms with Crippen LogP contribution in [-0.4, -0.2) is 27.5 Å². The van der Waals surface area contributed by atoms with Crippen LogP contribution in [0.25, 0.3) is 10.9 Å². The number of amides is 1. The van der Waals surface area contributed by atoms with Crippen LogP contribution in [0.4, 0.5) is 14.5 Å². The van der Waals surface area contributed by atoms with Crippen molar-refractivity contribution in [3.63, 3.8) is 0 Å². The maximum absolute atomic E-state index is 14.5. The first-order chi connectivity index (χ1) is 15.0. The SMILES string of the molecule is Cc1ncsc1CCOc1ccc2c(C3C(=O)Nc4ccc(F)c(F)c43)ncnc2c1. The van der Waals surface area contributed by atoms with E-state index in [0.29, 0.717) is 29.0 Å². The average Bonchev–Trinajstić information content (AvgIpc) is 3.33. The number of nitrogens with one attached hydrogen (secondary N) is 1. The number of rotatable bonds is 5. The summed E-state index contributed by atoms with van der Waals surface area (Å²) in [5.74, 6) is -2.96. The van der Waals surface area contributed by atoms with Gasteiger partial charge in [-0.2, -0.15) is 0 Å². The third-order valence-electron chi connectivity index (χ3n) is 5.30. The van der Waals surface area contributed by atoms with Gasteiger partial charge < -0.3 is 10.1 Å². The number of ether oxygens (including phenoxy) is 1. The van der Waals surface area contributed by atoms with Gasteiger partial charge in [0.15, 0.2) is 11.6 Å². The Bertz CT molecular complexity index is 1320. The Balaban J connectivity index is 1.46. The first-order valence-electron chi connectivity index (χ1n) is 9.58. The number of aryl methyl sites for hydroxylation is 1. The third-order valence-corrected chi connectivity index (χ3v) is 6.29. The second kappa shape index (κ2) is 7.66. The molecule has 9 heteroatoms. The molecule has 4 aromatic rings. The summed E-state index contributed by atoms with van der Waals surface area (Å²) >= 11 is 1.59. The molecule has 1 atom stereocenters. The van der Waals surface area contributed by atoms with Crippen molar-refractivity contribution in [2.24, 2.45) is 0 Å². The third kappa shape index (κ3) is 3.40. The highest BCUT2D eigenvalue weighted by molar-refractivity contribution is 7.09. The van der Waals surface area contributed by atoms with E-state index in [-0.39, 0.29) is 11.3 Å². The molecule has 0 fully saturated rings. The molecule has 1 unspecified atom stereocenters. The van der Waals surface area contributed by atoms with Crippen molar-refractivity contribution in [3.8, 4) is 5.75 Å². The van der Waals surface area contributed by atoms with Crippen LogP contribution in [0.2, 0.25) is 0 Å². The first kappa shape index (κ1) is 19.5. The van der Waals surface area contributed by atoms with Gasteiger partial charge in [-0.25, -0.2) is 23.7 Å². The minimum Gasteiger partial charge on any atom is -0.493 e. The summed E-state index contributed by atoms with van der Waals surface area (Å²) in [6.45, 7) is 2.45. The fourth-order valence-electron chi connectivity index (χ4n) is 3.76. The zero-order valence-electron chi connectivity index (χ0n) is 16.4. The molecule has 1 amide bonds. The second-order valence-electron chi connectivity index (χ2n) is 7.14. The number of fused-ring (bicyclic) bond motifs is 2. The van der Waals surface area contributed by atoms with Crippen molar-refractivity contribution in [2.75, 3.05) is 11.9 Å². The molecule has 0 aliphatic carbocycles. The van der Waals surface area contributed by atoms with Crippen LogP contribution in [0.1, 0.15) is 27.7 Å². The molecule has 156 valence electrons. The molecule has 1 aliphatic rings. The maximum atomic E-state index is 14.5. The highest BCUT2D eigenvalue weighted by atomic mass is 32.1. The molecule has 0 saturated heterocycles. The molecule has 0 bridgehead atoms.